The molecule has 1 atom stereocenters. The summed E-state index contributed by atoms with van der Waals surface area (Å²) in [6, 6.07) is 11.7. The van der Waals surface area contributed by atoms with Crippen LogP contribution in [0.5, 0.6) is 0 Å². The molecule has 10 heteroatoms. The number of nitrogens with one attached hydrogen (secondary N) is 2. The molecule has 0 spiro atoms. The van der Waals surface area contributed by atoms with Gasteiger partial charge in [-0.15, -0.1) is 0 Å². The molecule has 1 saturated heterocycles. The Balaban J connectivity index is 1.51. The summed E-state index contributed by atoms with van der Waals surface area (Å²) in [5.41, 5.74) is 3.98. The molecule has 8 nitrogen and oxygen atoms in total. The molecule has 2 N–H and O–H groups in total. The molecule has 0 saturated carbocycles. The van der Waals surface area contributed by atoms with Gasteiger partial charge in [-0.2, -0.15) is 0 Å². The highest BCUT2D eigenvalue weighted by molar-refractivity contribution is 6.44. The summed E-state index contributed by atoms with van der Waals surface area (Å²) in [6.45, 7) is 1.18. The standard InChI is InChI=1S/C21H19Cl2N3O5/c1-12-5-2-3-6-14(12)20(29)25-26-10-13(9-18(26)28)21(30)31-11-17(27)24-16-8-4-7-15(22)19(16)23/h2-8,13H,9-11H2,1H3,(H,24,27)(H,25,29)/t13-/m0/s1. The molecular formula is C21H19Cl2N3O5. The van der Waals surface area contributed by atoms with E-state index in [-0.39, 0.29) is 28.7 Å². The molecule has 162 valence electrons. The highest BCUT2D eigenvalue weighted by Gasteiger charge is 2.36. The number of hydrogen-bond acceptors (Lipinski definition) is 5. The van der Waals surface area contributed by atoms with Crippen LogP contribution in [0.15, 0.2) is 42.5 Å². The fourth-order valence-electron chi connectivity index (χ4n) is 3.03. The monoisotopic (exact) mass is 463 g/mol. The third kappa shape index (κ3) is 5.53. The van der Waals surface area contributed by atoms with Gasteiger partial charge in [0.2, 0.25) is 5.91 Å². The topological polar surface area (TPSA) is 105 Å². The average Bonchev–Trinajstić information content (AvgIpc) is 3.10. The van der Waals surface area contributed by atoms with E-state index < -0.39 is 36.2 Å². The van der Waals surface area contributed by atoms with E-state index in [9.17, 15) is 19.2 Å². The van der Waals surface area contributed by atoms with Gasteiger partial charge in [-0.1, -0.05) is 47.5 Å². The van der Waals surface area contributed by atoms with Crippen LogP contribution in [-0.4, -0.2) is 41.9 Å². The zero-order valence-corrected chi connectivity index (χ0v) is 18.0. The highest BCUT2D eigenvalue weighted by atomic mass is 35.5. The minimum atomic E-state index is -0.799. The number of nitrogens with zero attached hydrogens (tertiary/aromatic N) is 1. The molecule has 3 amide bonds. The number of aryl methyl sites for hydroxylation is 1. The smallest absolute Gasteiger partial charge is 0.311 e. The summed E-state index contributed by atoms with van der Waals surface area (Å²) in [6.07, 6.45) is -0.130. The van der Waals surface area contributed by atoms with Gasteiger partial charge in [0.05, 0.1) is 28.2 Å². The Bertz CT molecular complexity index is 1040. The predicted molar refractivity (Wildman–Crippen MR) is 115 cm³/mol. The number of rotatable bonds is 6. The van der Waals surface area contributed by atoms with Gasteiger partial charge in [0.1, 0.15) is 0 Å². The summed E-state index contributed by atoms with van der Waals surface area (Å²) in [5, 5.41) is 4.03. The Morgan fingerprint density at radius 1 is 1.13 bits per heavy atom. The van der Waals surface area contributed by atoms with Crippen LogP contribution in [0.2, 0.25) is 10.0 Å². The maximum Gasteiger partial charge on any atom is 0.311 e. The van der Waals surface area contributed by atoms with Crippen molar-refractivity contribution in [3.8, 4) is 0 Å². The second-order valence-electron chi connectivity index (χ2n) is 6.92. The maximum atomic E-state index is 12.4. The van der Waals surface area contributed by atoms with Crippen LogP contribution in [0, 0.1) is 12.8 Å². The Morgan fingerprint density at radius 3 is 2.61 bits per heavy atom. The highest BCUT2D eigenvalue weighted by Crippen LogP contribution is 2.29. The van der Waals surface area contributed by atoms with Crippen LogP contribution >= 0.6 is 23.2 Å². The molecule has 1 heterocycles. The minimum Gasteiger partial charge on any atom is -0.455 e. The third-order valence-electron chi connectivity index (χ3n) is 4.66. The summed E-state index contributed by atoms with van der Waals surface area (Å²) in [4.78, 5) is 48.9. The number of anilines is 1. The van der Waals surface area contributed by atoms with E-state index in [1.54, 1.807) is 49.4 Å². The van der Waals surface area contributed by atoms with E-state index >= 15 is 0 Å². The van der Waals surface area contributed by atoms with Crippen molar-refractivity contribution in [2.75, 3.05) is 18.5 Å². The Kier molecular flexibility index (Phi) is 7.14. The molecular weight excluding hydrogens is 445 g/mol. The largest absolute Gasteiger partial charge is 0.455 e. The molecule has 0 aliphatic carbocycles. The van der Waals surface area contributed by atoms with Crippen LogP contribution in [-0.2, 0) is 19.1 Å². The molecule has 0 unspecified atom stereocenters. The summed E-state index contributed by atoms with van der Waals surface area (Å²) in [7, 11) is 0. The molecule has 31 heavy (non-hydrogen) atoms. The second kappa shape index (κ2) is 9.80. The number of esters is 1. The van der Waals surface area contributed by atoms with Crippen LogP contribution in [0.3, 0.4) is 0 Å². The van der Waals surface area contributed by atoms with Crippen molar-refractivity contribution in [2.24, 2.45) is 5.92 Å². The quantitative estimate of drug-likeness (QED) is 0.640. The number of hydrogen-bond donors (Lipinski definition) is 2. The van der Waals surface area contributed by atoms with E-state index in [1.165, 1.54) is 0 Å². The number of carbonyl (C=O) groups is 4. The van der Waals surface area contributed by atoms with Gasteiger partial charge in [-0.05, 0) is 30.7 Å². The van der Waals surface area contributed by atoms with Crippen molar-refractivity contribution >= 4 is 52.6 Å². The zero-order valence-electron chi connectivity index (χ0n) is 16.5. The lowest BCUT2D eigenvalue weighted by Crippen LogP contribution is -2.43. The van der Waals surface area contributed by atoms with Gasteiger partial charge in [0.15, 0.2) is 6.61 Å². The summed E-state index contributed by atoms with van der Waals surface area (Å²) in [5.74, 6) is -2.98. The van der Waals surface area contributed by atoms with Crippen molar-refractivity contribution in [3.05, 3.63) is 63.6 Å². The first-order valence-corrected chi connectivity index (χ1v) is 10.1. The lowest BCUT2D eigenvalue weighted by atomic mass is 10.1. The van der Waals surface area contributed by atoms with Crippen molar-refractivity contribution in [1.82, 2.24) is 10.4 Å². The van der Waals surface area contributed by atoms with Gasteiger partial charge < -0.3 is 10.1 Å². The van der Waals surface area contributed by atoms with Crippen LogP contribution in [0.25, 0.3) is 0 Å². The first kappa shape index (κ1) is 22.6. The van der Waals surface area contributed by atoms with Gasteiger partial charge >= 0.3 is 5.97 Å². The van der Waals surface area contributed by atoms with Crippen molar-refractivity contribution in [1.29, 1.82) is 0 Å². The van der Waals surface area contributed by atoms with Crippen LogP contribution in [0.1, 0.15) is 22.3 Å². The number of halogens is 2. The third-order valence-corrected chi connectivity index (χ3v) is 5.47. The number of amides is 3. The number of ether oxygens (including phenoxy) is 1. The van der Waals surface area contributed by atoms with E-state index in [1.807, 2.05) is 0 Å². The molecule has 2 aromatic carbocycles. The van der Waals surface area contributed by atoms with Gasteiger partial charge in [-0.25, -0.2) is 0 Å². The number of benzene rings is 2. The molecule has 2 aromatic rings. The van der Waals surface area contributed by atoms with Gasteiger partial charge in [-0.3, -0.25) is 29.6 Å². The van der Waals surface area contributed by atoms with E-state index in [4.69, 9.17) is 27.9 Å². The number of hydrazine groups is 1. The number of carbonyl (C=O) groups excluding carboxylic acids is 4. The molecule has 0 radical (unpaired) electrons. The van der Waals surface area contributed by atoms with Gasteiger partial charge in [0.25, 0.3) is 11.8 Å². The second-order valence-corrected chi connectivity index (χ2v) is 7.70. The molecule has 1 fully saturated rings. The molecule has 0 aromatic heterocycles. The SMILES string of the molecule is Cc1ccccc1C(=O)NN1C[C@@H](C(=O)OCC(=O)Nc2cccc(Cl)c2Cl)CC1=O. The van der Waals surface area contributed by atoms with Crippen LogP contribution in [0.4, 0.5) is 5.69 Å². The Morgan fingerprint density at radius 2 is 1.87 bits per heavy atom. The Hall–Kier alpha value is -3.10. The zero-order chi connectivity index (χ0) is 22.5. The fourth-order valence-corrected chi connectivity index (χ4v) is 3.37. The van der Waals surface area contributed by atoms with Crippen LogP contribution < -0.4 is 10.7 Å². The van der Waals surface area contributed by atoms with Crippen molar-refractivity contribution in [3.63, 3.8) is 0 Å². The molecule has 1 aliphatic heterocycles. The fraction of sp³-hybridized carbons (Fsp3) is 0.238. The first-order chi connectivity index (χ1) is 14.8. The molecule has 0 bridgehead atoms. The average molecular weight is 464 g/mol. The maximum absolute atomic E-state index is 12.4. The molecule has 3 rings (SSSR count). The Labute approximate surface area is 188 Å². The lowest BCUT2D eigenvalue weighted by Gasteiger charge is -2.18. The van der Waals surface area contributed by atoms with E-state index in [2.05, 4.69) is 10.7 Å². The minimum absolute atomic E-state index is 0.0446. The predicted octanol–water partition coefficient (Wildman–Crippen LogP) is 2.98. The van der Waals surface area contributed by atoms with Gasteiger partial charge in [0, 0.05) is 12.0 Å². The van der Waals surface area contributed by atoms with Crippen molar-refractivity contribution < 1.29 is 23.9 Å². The summed E-state index contributed by atoms with van der Waals surface area (Å²) >= 11 is 11.9. The normalized spacial score (nSPS) is 15.5. The first-order valence-electron chi connectivity index (χ1n) is 9.33. The summed E-state index contributed by atoms with van der Waals surface area (Å²) < 4.78 is 5.02. The van der Waals surface area contributed by atoms with Crippen molar-refractivity contribution in [2.45, 2.75) is 13.3 Å². The lowest BCUT2D eigenvalue weighted by molar-refractivity contribution is -0.151. The van der Waals surface area contributed by atoms with E-state index in [0.717, 1.165) is 10.6 Å². The van der Waals surface area contributed by atoms with E-state index in [0.29, 0.717) is 5.56 Å². The molecule has 1 aliphatic rings.